The third-order valence-corrected chi connectivity index (χ3v) is 6.09. The van der Waals surface area contributed by atoms with Gasteiger partial charge in [-0.05, 0) is 45.7 Å². The lowest BCUT2D eigenvalue weighted by molar-refractivity contribution is -0.122. The van der Waals surface area contributed by atoms with Crippen LogP contribution in [0.1, 0.15) is 58.6 Å². The number of thiophene rings is 1. The summed E-state index contributed by atoms with van der Waals surface area (Å²) in [7, 11) is 0. The zero-order valence-electron chi connectivity index (χ0n) is 14.1. The largest absolute Gasteiger partial charge is 0.352 e. The zero-order valence-corrected chi connectivity index (χ0v) is 14.9. The zero-order chi connectivity index (χ0) is 16.4. The Morgan fingerprint density at radius 1 is 1.22 bits per heavy atom. The Morgan fingerprint density at radius 2 is 2.04 bits per heavy atom. The average Bonchev–Trinajstić information content (AvgIpc) is 3.08. The van der Waals surface area contributed by atoms with Crippen LogP contribution in [-0.4, -0.2) is 41.8 Å². The second kappa shape index (κ2) is 7.14. The maximum absolute atomic E-state index is 12.3. The number of fused-ring (bicyclic) bond motifs is 1. The molecule has 2 unspecified atom stereocenters. The first-order valence-corrected chi connectivity index (χ1v) is 9.50. The van der Waals surface area contributed by atoms with Crippen molar-refractivity contribution in [1.82, 2.24) is 10.2 Å². The molecule has 126 valence electrons. The summed E-state index contributed by atoms with van der Waals surface area (Å²) in [6.45, 7) is 6.26. The smallest absolute Gasteiger partial charge is 0.220 e. The maximum atomic E-state index is 12.3. The SMILES string of the molecule is Cc1cc(C(=O)CCC(=O)NC2CCN3CCCCC23)c(C)s1. The second-order valence-corrected chi connectivity index (χ2v) is 8.27. The fourth-order valence-electron chi connectivity index (χ4n) is 3.96. The van der Waals surface area contributed by atoms with E-state index < -0.39 is 0 Å². The lowest BCUT2D eigenvalue weighted by Crippen LogP contribution is -2.46. The molecule has 4 nitrogen and oxygen atoms in total. The summed E-state index contributed by atoms with van der Waals surface area (Å²) in [4.78, 5) is 29.2. The monoisotopic (exact) mass is 334 g/mol. The van der Waals surface area contributed by atoms with Crippen LogP contribution < -0.4 is 5.32 Å². The van der Waals surface area contributed by atoms with E-state index in [-0.39, 0.29) is 17.7 Å². The van der Waals surface area contributed by atoms with E-state index in [2.05, 4.69) is 10.2 Å². The quantitative estimate of drug-likeness (QED) is 0.842. The van der Waals surface area contributed by atoms with Gasteiger partial charge in [-0.25, -0.2) is 0 Å². The number of rotatable bonds is 5. The van der Waals surface area contributed by atoms with E-state index in [1.54, 1.807) is 11.3 Å². The Balaban J connectivity index is 1.48. The molecular formula is C18H26N2O2S. The predicted molar refractivity (Wildman–Crippen MR) is 93.1 cm³/mol. The van der Waals surface area contributed by atoms with Crippen molar-refractivity contribution in [3.05, 3.63) is 21.4 Å². The molecule has 3 heterocycles. The summed E-state index contributed by atoms with van der Waals surface area (Å²) in [6, 6.07) is 2.74. The molecule has 0 spiro atoms. The fraction of sp³-hybridized carbons (Fsp3) is 0.667. The highest BCUT2D eigenvalue weighted by Gasteiger charge is 2.36. The van der Waals surface area contributed by atoms with E-state index in [0.717, 1.165) is 28.3 Å². The molecule has 23 heavy (non-hydrogen) atoms. The van der Waals surface area contributed by atoms with Crippen LogP contribution in [0.2, 0.25) is 0 Å². The van der Waals surface area contributed by atoms with Crippen molar-refractivity contribution >= 4 is 23.0 Å². The topological polar surface area (TPSA) is 49.4 Å². The van der Waals surface area contributed by atoms with Crippen LogP contribution in [0.25, 0.3) is 0 Å². The van der Waals surface area contributed by atoms with E-state index in [1.165, 1.54) is 25.8 Å². The van der Waals surface area contributed by atoms with Crippen molar-refractivity contribution in [2.24, 2.45) is 0 Å². The molecule has 1 N–H and O–H groups in total. The number of amides is 1. The van der Waals surface area contributed by atoms with Gasteiger partial charge in [-0.1, -0.05) is 6.42 Å². The minimum absolute atomic E-state index is 0.0281. The van der Waals surface area contributed by atoms with Gasteiger partial charge in [0.1, 0.15) is 0 Å². The highest BCUT2D eigenvalue weighted by Crippen LogP contribution is 2.27. The van der Waals surface area contributed by atoms with Gasteiger partial charge in [0, 0.05) is 46.8 Å². The number of hydrogen-bond donors (Lipinski definition) is 1. The third kappa shape index (κ3) is 3.83. The van der Waals surface area contributed by atoms with Gasteiger partial charge in [-0.3, -0.25) is 14.5 Å². The number of carbonyl (C=O) groups excluding carboxylic acids is 2. The van der Waals surface area contributed by atoms with Gasteiger partial charge in [-0.2, -0.15) is 0 Å². The van der Waals surface area contributed by atoms with Crippen LogP contribution in [0.15, 0.2) is 6.07 Å². The molecule has 3 rings (SSSR count). The van der Waals surface area contributed by atoms with E-state index >= 15 is 0 Å². The Labute approximate surface area is 142 Å². The molecule has 1 amide bonds. The maximum Gasteiger partial charge on any atom is 0.220 e. The van der Waals surface area contributed by atoms with E-state index in [4.69, 9.17) is 0 Å². The molecule has 0 saturated carbocycles. The average molecular weight is 334 g/mol. The van der Waals surface area contributed by atoms with Gasteiger partial charge >= 0.3 is 0 Å². The van der Waals surface area contributed by atoms with Crippen LogP contribution in [-0.2, 0) is 4.79 Å². The van der Waals surface area contributed by atoms with Gasteiger partial charge in [0.25, 0.3) is 0 Å². The van der Waals surface area contributed by atoms with Crippen molar-refractivity contribution in [3.63, 3.8) is 0 Å². The fourth-order valence-corrected chi connectivity index (χ4v) is 4.91. The summed E-state index contributed by atoms with van der Waals surface area (Å²) in [5.41, 5.74) is 0.791. The predicted octanol–water partition coefficient (Wildman–Crippen LogP) is 3.07. The van der Waals surface area contributed by atoms with Crippen molar-refractivity contribution < 1.29 is 9.59 Å². The highest BCUT2D eigenvalue weighted by atomic mass is 32.1. The lowest BCUT2D eigenvalue weighted by atomic mass is 9.99. The number of ketones is 1. The molecule has 1 aromatic rings. The summed E-state index contributed by atoms with van der Waals surface area (Å²) in [5.74, 6) is 0.119. The number of Topliss-reactive ketones (excluding diaryl/α,β-unsaturated/α-hetero) is 1. The number of nitrogens with one attached hydrogen (secondary N) is 1. The standard InChI is InChI=1S/C18H26N2O2S/c1-12-11-14(13(2)23-12)17(21)6-7-18(22)19-15-8-10-20-9-4-3-5-16(15)20/h11,15-16H,3-10H2,1-2H3,(H,19,22). The number of carbonyl (C=O) groups is 2. The summed E-state index contributed by atoms with van der Waals surface area (Å²) in [5, 5.41) is 3.17. The first-order valence-electron chi connectivity index (χ1n) is 8.68. The Hall–Kier alpha value is -1.20. The van der Waals surface area contributed by atoms with Crippen molar-refractivity contribution in [1.29, 1.82) is 0 Å². The molecule has 0 radical (unpaired) electrons. The van der Waals surface area contributed by atoms with Gasteiger partial charge in [0.05, 0.1) is 0 Å². The lowest BCUT2D eigenvalue weighted by Gasteiger charge is -2.32. The van der Waals surface area contributed by atoms with Gasteiger partial charge < -0.3 is 5.32 Å². The van der Waals surface area contributed by atoms with E-state index in [1.807, 2.05) is 19.9 Å². The highest BCUT2D eigenvalue weighted by molar-refractivity contribution is 7.12. The van der Waals surface area contributed by atoms with Gasteiger partial charge in [-0.15, -0.1) is 11.3 Å². The molecule has 2 aliphatic heterocycles. The first-order chi connectivity index (χ1) is 11.0. The summed E-state index contributed by atoms with van der Waals surface area (Å²) >= 11 is 1.64. The van der Waals surface area contributed by atoms with Crippen LogP contribution in [0.3, 0.4) is 0 Å². The molecule has 2 fully saturated rings. The molecule has 0 aliphatic carbocycles. The van der Waals surface area contributed by atoms with E-state index in [9.17, 15) is 9.59 Å². The molecule has 5 heteroatoms. The Morgan fingerprint density at radius 3 is 2.78 bits per heavy atom. The minimum atomic E-state index is 0.0281. The Bertz CT molecular complexity index is 596. The molecule has 1 aromatic heterocycles. The number of aryl methyl sites for hydroxylation is 2. The van der Waals surface area contributed by atoms with Crippen LogP contribution in [0.5, 0.6) is 0 Å². The summed E-state index contributed by atoms with van der Waals surface area (Å²) < 4.78 is 0. The van der Waals surface area contributed by atoms with Crippen LogP contribution >= 0.6 is 11.3 Å². The van der Waals surface area contributed by atoms with Gasteiger partial charge in [0.2, 0.25) is 5.91 Å². The van der Waals surface area contributed by atoms with Crippen molar-refractivity contribution in [2.45, 2.75) is 64.5 Å². The Kier molecular flexibility index (Phi) is 5.17. The molecular weight excluding hydrogens is 308 g/mol. The molecule has 0 aromatic carbocycles. The van der Waals surface area contributed by atoms with Crippen LogP contribution in [0.4, 0.5) is 0 Å². The molecule has 2 saturated heterocycles. The molecule has 0 bridgehead atoms. The number of nitrogens with zero attached hydrogens (tertiary/aromatic N) is 1. The van der Waals surface area contributed by atoms with Crippen molar-refractivity contribution in [3.8, 4) is 0 Å². The first kappa shape index (κ1) is 16.7. The van der Waals surface area contributed by atoms with Crippen LogP contribution in [0, 0.1) is 13.8 Å². The molecule has 2 aliphatic rings. The third-order valence-electron chi connectivity index (χ3n) is 5.12. The number of hydrogen-bond acceptors (Lipinski definition) is 4. The normalized spacial score (nSPS) is 24.4. The summed E-state index contributed by atoms with van der Waals surface area (Å²) in [6.07, 6.45) is 5.40. The molecule has 2 atom stereocenters. The number of piperidine rings is 1. The van der Waals surface area contributed by atoms with E-state index in [0.29, 0.717) is 18.9 Å². The second-order valence-electron chi connectivity index (χ2n) is 6.81. The van der Waals surface area contributed by atoms with Crippen molar-refractivity contribution in [2.75, 3.05) is 13.1 Å². The van der Waals surface area contributed by atoms with Gasteiger partial charge in [0.15, 0.2) is 5.78 Å². The minimum Gasteiger partial charge on any atom is -0.352 e.